The zero-order chi connectivity index (χ0) is 13.7. The molecule has 0 bridgehead atoms. The highest BCUT2D eigenvalue weighted by Crippen LogP contribution is 2.26. The fourth-order valence-electron chi connectivity index (χ4n) is 1.89. The zero-order valence-corrected chi connectivity index (χ0v) is 11.3. The van der Waals surface area contributed by atoms with Crippen LogP contribution in [0.1, 0.15) is 19.6 Å². The van der Waals surface area contributed by atoms with Crippen molar-refractivity contribution in [1.82, 2.24) is 9.97 Å². The molecule has 0 unspecified atom stereocenters. The third-order valence-electron chi connectivity index (χ3n) is 2.94. The van der Waals surface area contributed by atoms with E-state index in [1.54, 1.807) is 6.26 Å². The number of nitrogens with zero attached hydrogens (tertiary/aromatic N) is 3. The summed E-state index contributed by atoms with van der Waals surface area (Å²) in [4.78, 5) is 10.5. The van der Waals surface area contributed by atoms with Crippen LogP contribution in [0.3, 0.4) is 0 Å². The number of hydrogen-bond acceptors (Lipinski definition) is 6. The van der Waals surface area contributed by atoms with Gasteiger partial charge >= 0.3 is 0 Å². The highest BCUT2D eigenvalue weighted by Gasteiger charge is 2.12. The van der Waals surface area contributed by atoms with Crippen LogP contribution in [0.25, 0.3) is 0 Å². The Morgan fingerprint density at radius 3 is 2.74 bits per heavy atom. The van der Waals surface area contributed by atoms with Crippen molar-refractivity contribution in [2.45, 2.75) is 20.4 Å². The summed E-state index contributed by atoms with van der Waals surface area (Å²) in [5.74, 6) is 2.23. The van der Waals surface area contributed by atoms with E-state index in [4.69, 9.17) is 10.2 Å². The lowest BCUT2D eigenvalue weighted by atomic mass is 10.3. The van der Waals surface area contributed by atoms with Gasteiger partial charge in [0.25, 0.3) is 0 Å². The van der Waals surface area contributed by atoms with Gasteiger partial charge in [-0.2, -0.15) is 0 Å². The SMILES string of the molecule is CCN(CC)c1ncnc(NCc2ccco2)c1N. The molecule has 6 heteroatoms. The van der Waals surface area contributed by atoms with Gasteiger partial charge in [0, 0.05) is 13.1 Å². The molecule has 0 amide bonds. The van der Waals surface area contributed by atoms with Gasteiger partial charge in [-0.15, -0.1) is 0 Å². The van der Waals surface area contributed by atoms with Gasteiger partial charge in [0.1, 0.15) is 17.8 Å². The first-order valence-electron chi connectivity index (χ1n) is 6.37. The molecule has 0 aliphatic rings. The summed E-state index contributed by atoms with van der Waals surface area (Å²) >= 11 is 0. The molecule has 102 valence electrons. The molecule has 19 heavy (non-hydrogen) atoms. The second-order valence-electron chi connectivity index (χ2n) is 4.06. The van der Waals surface area contributed by atoms with Gasteiger partial charge < -0.3 is 20.4 Å². The van der Waals surface area contributed by atoms with Gasteiger partial charge in [-0.25, -0.2) is 9.97 Å². The zero-order valence-electron chi connectivity index (χ0n) is 11.3. The molecule has 3 N–H and O–H groups in total. The second kappa shape index (κ2) is 6.08. The van der Waals surface area contributed by atoms with Crippen molar-refractivity contribution in [3.63, 3.8) is 0 Å². The Morgan fingerprint density at radius 1 is 1.32 bits per heavy atom. The van der Waals surface area contributed by atoms with Crippen LogP contribution in [0.15, 0.2) is 29.1 Å². The van der Waals surface area contributed by atoms with Crippen molar-refractivity contribution in [2.24, 2.45) is 0 Å². The predicted octanol–water partition coefficient (Wildman–Crippen LogP) is 2.11. The van der Waals surface area contributed by atoms with Gasteiger partial charge in [0.05, 0.1) is 12.8 Å². The number of furan rings is 1. The molecular formula is C13H19N5O. The Hall–Kier alpha value is -2.24. The van der Waals surface area contributed by atoms with Gasteiger partial charge in [-0.3, -0.25) is 0 Å². The summed E-state index contributed by atoms with van der Waals surface area (Å²) in [6.45, 7) is 6.40. The molecule has 0 saturated heterocycles. The van der Waals surface area contributed by atoms with Crippen molar-refractivity contribution in [3.05, 3.63) is 30.5 Å². The number of aromatic nitrogens is 2. The Morgan fingerprint density at radius 2 is 2.11 bits per heavy atom. The molecule has 2 rings (SSSR count). The number of nitrogens with two attached hydrogens (primary N) is 1. The normalized spacial score (nSPS) is 10.4. The van der Waals surface area contributed by atoms with Crippen LogP contribution in [0.2, 0.25) is 0 Å². The largest absolute Gasteiger partial charge is 0.467 e. The summed E-state index contributed by atoms with van der Waals surface area (Å²) in [7, 11) is 0. The standard InChI is InChI=1S/C13H19N5O/c1-3-18(4-2)13-11(14)12(16-9-17-13)15-8-10-6-5-7-19-10/h5-7,9H,3-4,8,14H2,1-2H3,(H,15,16,17). The highest BCUT2D eigenvalue weighted by atomic mass is 16.3. The van der Waals surface area contributed by atoms with Crippen molar-refractivity contribution in [2.75, 3.05) is 29.0 Å². The number of rotatable bonds is 6. The highest BCUT2D eigenvalue weighted by molar-refractivity contribution is 5.74. The molecule has 0 atom stereocenters. The first-order valence-corrected chi connectivity index (χ1v) is 6.37. The van der Waals surface area contributed by atoms with Crippen LogP contribution in [0.4, 0.5) is 17.3 Å². The summed E-state index contributed by atoms with van der Waals surface area (Å²) in [6.07, 6.45) is 3.16. The van der Waals surface area contributed by atoms with E-state index in [9.17, 15) is 0 Å². The predicted molar refractivity (Wildman–Crippen MR) is 76.0 cm³/mol. The van der Waals surface area contributed by atoms with Gasteiger partial charge in [-0.05, 0) is 26.0 Å². The maximum Gasteiger partial charge on any atom is 0.157 e. The Kier molecular flexibility index (Phi) is 4.22. The molecule has 2 aromatic heterocycles. The van der Waals surface area contributed by atoms with Crippen LogP contribution >= 0.6 is 0 Å². The van der Waals surface area contributed by atoms with Crippen LogP contribution < -0.4 is 16.0 Å². The molecule has 0 radical (unpaired) electrons. The van der Waals surface area contributed by atoms with E-state index in [2.05, 4.69) is 34.0 Å². The summed E-state index contributed by atoms with van der Waals surface area (Å²) in [5, 5.41) is 3.16. The number of nitrogen functional groups attached to an aromatic ring is 1. The number of anilines is 3. The van der Waals surface area contributed by atoms with E-state index in [0.29, 0.717) is 18.1 Å². The molecule has 2 aromatic rings. The topological polar surface area (TPSA) is 80.2 Å². The molecule has 0 spiro atoms. The first kappa shape index (κ1) is 13.2. The minimum atomic E-state index is 0.548. The van der Waals surface area contributed by atoms with E-state index in [1.165, 1.54) is 6.33 Å². The second-order valence-corrected chi connectivity index (χ2v) is 4.06. The molecule has 6 nitrogen and oxygen atoms in total. The fourth-order valence-corrected chi connectivity index (χ4v) is 1.89. The van der Waals surface area contributed by atoms with Crippen LogP contribution in [0, 0.1) is 0 Å². The summed E-state index contributed by atoms with van der Waals surface area (Å²) in [5.41, 5.74) is 6.68. The third kappa shape index (κ3) is 2.96. The molecule has 0 aromatic carbocycles. The third-order valence-corrected chi connectivity index (χ3v) is 2.94. The lowest BCUT2D eigenvalue weighted by molar-refractivity contribution is 0.518. The van der Waals surface area contributed by atoms with Crippen LogP contribution in [-0.4, -0.2) is 23.1 Å². The maximum atomic E-state index is 6.12. The smallest absolute Gasteiger partial charge is 0.157 e. The average molecular weight is 261 g/mol. The minimum absolute atomic E-state index is 0.548. The van der Waals surface area contributed by atoms with Gasteiger partial charge in [-0.1, -0.05) is 0 Å². The molecule has 0 aliphatic heterocycles. The number of hydrogen-bond donors (Lipinski definition) is 2. The lowest BCUT2D eigenvalue weighted by Crippen LogP contribution is -2.24. The van der Waals surface area contributed by atoms with E-state index < -0.39 is 0 Å². The van der Waals surface area contributed by atoms with Crippen LogP contribution in [0.5, 0.6) is 0 Å². The van der Waals surface area contributed by atoms with Crippen molar-refractivity contribution >= 4 is 17.3 Å². The lowest BCUT2D eigenvalue weighted by Gasteiger charge is -2.22. The minimum Gasteiger partial charge on any atom is -0.467 e. The molecular weight excluding hydrogens is 242 g/mol. The van der Waals surface area contributed by atoms with E-state index in [0.717, 1.165) is 24.7 Å². The Labute approximate surface area is 112 Å². The fraction of sp³-hybridized carbons (Fsp3) is 0.385. The molecule has 0 aliphatic carbocycles. The number of nitrogens with one attached hydrogen (secondary N) is 1. The monoisotopic (exact) mass is 261 g/mol. The van der Waals surface area contributed by atoms with Gasteiger partial charge in [0.15, 0.2) is 11.6 Å². The maximum absolute atomic E-state index is 6.12. The average Bonchev–Trinajstić information content (AvgIpc) is 2.94. The Balaban J connectivity index is 2.15. The Bertz CT molecular complexity index is 508. The van der Waals surface area contributed by atoms with E-state index in [-0.39, 0.29) is 0 Å². The first-order chi connectivity index (χ1) is 9.26. The quantitative estimate of drug-likeness (QED) is 0.829. The summed E-state index contributed by atoms with van der Waals surface area (Å²) < 4.78 is 5.26. The van der Waals surface area contributed by atoms with Gasteiger partial charge in [0.2, 0.25) is 0 Å². The molecule has 0 fully saturated rings. The van der Waals surface area contributed by atoms with Crippen molar-refractivity contribution in [3.8, 4) is 0 Å². The van der Waals surface area contributed by atoms with Crippen molar-refractivity contribution in [1.29, 1.82) is 0 Å². The van der Waals surface area contributed by atoms with Crippen molar-refractivity contribution < 1.29 is 4.42 Å². The molecule has 0 saturated carbocycles. The molecule has 2 heterocycles. The van der Waals surface area contributed by atoms with E-state index >= 15 is 0 Å². The summed E-state index contributed by atoms with van der Waals surface area (Å²) in [6, 6.07) is 3.75. The van der Waals surface area contributed by atoms with Crippen LogP contribution in [-0.2, 0) is 6.54 Å². The van der Waals surface area contributed by atoms with E-state index in [1.807, 2.05) is 12.1 Å².